The Kier molecular flexibility index (Phi) is 7.45. The van der Waals surface area contributed by atoms with Crippen molar-refractivity contribution in [3.05, 3.63) is 81.9 Å². The molecule has 0 fully saturated rings. The van der Waals surface area contributed by atoms with Crippen molar-refractivity contribution in [1.29, 1.82) is 0 Å². The van der Waals surface area contributed by atoms with Crippen LogP contribution in [0, 0.1) is 11.7 Å². The molecule has 2 aromatic carbocycles. The normalized spacial score (nSPS) is 19.7. The molecule has 2 aromatic rings. The molecule has 1 N–H and O–H groups in total. The molecule has 8 heteroatoms. The predicted octanol–water partition coefficient (Wildman–Crippen LogP) is 5.45. The molecule has 0 radical (unpaired) electrons. The van der Waals surface area contributed by atoms with Crippen LogP contribution in [-0.4, -0.2) is 25.5 Å². The minimum atomic E-state index is -0.760. The number of methoxy groups -OCH3 is 1. The van der Waals surface area contributed by atoms with Gasteiger partial charge in [-0.25, -0.2) is 4.39 Å². The molecule has 1 heterocycles. The number of hydrogen-bond donors (Lipinski definition) is 1. The molecule has 0 bridgehead atoms. The Morgan fingerprint density at radius 3 is 2.69 bits per heavy atom. The smallest absolute Gasteiger partial charge is 0.315 e. The van der Waals surface area contributed by atoms with Gasteiger partial charge >= 0.3 is 5.97 Å². The summed E-state index contributed by atoms with van der Waals surface area (Å²) in [6.07, 6.45) is 1.88. The van der Waals surface area contributed by atoms with E-state index >= 15 is 0 Å². The van der Waals surface area contributed by atoms with E-state index in [1.54, 1.807) is 20.1 Å². The Morgan fingerprint density at radius 2 is 1.97 bits per heavy atom. The second-order valence-corrected chi connectivity index (χ2v) is 8.87. The number of rotatable bonds is 7. The third-order valence-corrected chi connectivity index (χ3v) is 6.56. The van der Waals surface area contributed by atoms with Crippen LogP contribution in [0.15, 0.2) is 59.9 Å². The van der Waals surface area contributed by atoms with Gasteiger partial charge < -0.3 is 19.5 Å². The number of Topliss-reactive ketones (excluding diaryl/α,β-unsaturated/α-hetero) is 1. The van der Waals surface area contributed by atoms with E-state index in [-0.39, 0.29) is 24.0 Å². The summed E-state index contributed by atoms with van der Waals surface area (Å²) >= 11 is 6.11. The lowest BCUT2D eigenvalue weighted by atomic mass is 9.71. The molecule has 0 spiro atoms. The van der Waals surface area contributed by atoms with Gasteiger partial charge in [0.1, 0.15) is 29.8 Å². The number of ether oxygens (including phenoxy) is 3. The van der Waals surface area contributed by atoms with Gasteiger partial charge in [-0.3, -0.25) is 9.59 Å². The average Bonchev–Trinajstić information content (AvgIpc) is 2.82. The van der Waals surface area contributed by atoms with E-state index in [1.807, 2.05) is 12.1 Å². The van der Waals surface area contributed by atoms with Gasteiger partial charge in [-0.2, -0.15) is 0 Å². The molecule has 0 saturated heterocycles. The lowest BCUT2D eigenvalue weighted by molar-refractivity contribution is -0.147. The summed E-state index contributed by atoms with van der Waals surface area (Å²) in [5.74, 6) is -1.30. The highest BCUT2D eigenvalue weighted by Crippen LogP contribution is 2.45. The second-order valence-electron chi connectivity index (χ2n) is 8.46. The zero-order chi connectivity index (χ0) is 25.1. The maximum absolute atomic E-state index is 13.4. The van der Waals surface area contributed by atoms with Gasteiger partial charge in [-0.05, 0) is 55.7 Å². The molecule has 2 atom stereocenters. The number of hydrogen-bond acceptors (Lipinski definition) is 6. The van der Waals surface area contributed by atoms with E-state index in [9.17, 15) is 14.0 Å². The molecular weight excluding hydrogens is 473 g/mol. The summed E-state index contributed by atoms with van der Waals surface area (Å²) in [6.45, 7) is 6.13. The largest absolute Gasteiger partial charge is 0.496 e. The number of carbonyl (C=O) groups excluding carboxylic acids is 2. The van der Waals surface area contributed by atoms with Crippen molar-refractivity contribution >= 4 is 23.4 Å². The summed E-state index contributed by atoms with van der Waals surface area (Å²) in [5, 5.41) is 3.35. The first-order valence-electron chi connectivity index (χ1n) is 11.5. The Labute approximate surface area is 208 Å². The average molecular weight is 500 g/mol. The minimum Gasteiger partial charge on any atom is -0.496 e. The predicted molar refractivity (Wildman–Crippen MR) is 130 cm³/mol. The van der Waals surface area contributed by atoms with E-state index in [0.29, 0.717) is 41.2 Å². The van der Waals surface area contributed by atoms with Gasteiger partial charge in [0, 0.05) is 34.9 Å². The molecule has 6 nitrogen and oxygen atoms in total. The molecule has 2 unspecified atom stereocenters. The lowest BCUT2D eigenvalue weighted by Crippen LogP contribution is -2.41. The lowest BCUT2D eigenvalue weighted by Gasteiger charge is -2.38. The Hall–Kier alpha value is -3.32. The highest BCUT2D eigenvalue weighted by atomic mass is 35.5. The van der Waals surface area contributed by atoms with Crippen molar-refractivity contribution in [1.82, 2.24) is 5.32 Å². The third kappa shape index (κ3) is 5.05. The maximum Gasteiger partial charge on any atom is 0.315 e. The fourth-order valence-corrected chi connectivity index (χ4v) is 4.94. The highest BCUT2D eigenvalue weighted by Gasteiger charge is 2.44. The number of esters is 1. The molecule has 0 saturated carbocycles. The van der Waals surface area contributed by atoms with Gasteiger partial charge in [0.15, 0.2) is 5.78 Å². The van der Waals surface area contributed by atoms with Gasteiger partial charge in [0.25, 0.3) is 0 Å². The van der Waals surface area contributed by atoms with Crippen LogP contribution in [0.3, 0.4) is 0 Å². The number of nitrogens with one attached hydrogen (secondary N) is 1. The molecule has 1 aliphatic carbocycles. The Morgan fingerprint density at radius 1 is 1.20 bits per heavy atom. The van der Waals surface area contributed by atoms with Crippen LogP contribution < -0.4 is 14.8 Å². The molecule has 35 heavy (non-hydrogen) atoms. The van der Waals surface area contributed by atoms with Crippen LogP contribution in [0.1, 0.15) is 43.2 Å². The van der Waals surface area contributed by atoms with E-state index in [0.717, 1.165) is 17.7 Å². The van der Waals surface area contributed by atoms with Crippen LogP contribution in [0.2, 0.25) is 5.02 Å². The van der Waals surface area contributed by atoms with Crippen molar-refractivity contribution < 1.29 is 28.2 Å². The molecule has 184 valence electrons. The van der Waals surface area contributed by atoms with Crippen LogP contribution in [0.25, 0.3) is 0 Å². The number of halogens is 2. The molecular formula is C27H27ClFNO5. The van der Waals surface area contributed by atoms with Crippen molar-refractivity contribution in [3.8, 4) is 11.5 Å². The highest BCUT2D eigenvalue weighted by molar-refractivity contribution is 6.32. The van der Waals surface area contributed by atoms with E-state index < -0.39 is 23.6 Å². The topological polar surface area (TPSA) is 73.9 Å². The molecule has 2 aliphatic rings. The number of benzene rings is 2. The summed E-state index contributed by atoms with van der Waals surface area (Å²) in [5.41, 5.74) is 3.35. The fourth-order valence-electron chi connectivity index (χ4n) is 4.72. The van der Waals surface area contributed by atoms with Gasteiger partial charge in [-0.1, -0.05) is 24.2 Å². The quantitative estimate of drug-likeness (QED) is 0.510. The SMILES string of the molecule is C=C1NC2=C(C(=O)CCC2)C(c2ccc(OC)c(COc3ccc(F)cc3Cl)c2)C1C(=O)OCC. The second kappa shape index (κ2) is 10.5. The first-order chi connectivity index (χ1) is 16.8. The Balaban J connectivity index is 1.75. The molecule has 4 rings (SSSR count). The fraction of sp³-hybridized carbons (Fsp3) is 0.333. The number of ketones is 1. The van der Waals surface area contributed by atoms with Gasteiger partial charge in [0.05, 0.1) is 18.7 Å². The summed E-state index contributed by atoms with van der Waals surface area (Å²) in [4.78, 5) is 26.1. The van der Waals surface area contributed by atoms with Crippen LogP contribution in [0.4, 0.5) is 4.39 Å². The molecule has 1 aliphatic heterocycles. The zero-order valence-electron chi connectivity index (χ0n) is 19.7. The van der Waals surface area contributed by atoms with Crippen molar-refractivity contribution in [2.45, 2.75) is 38.7 Å². The van der Waals surface area contributed by atoms with Crippen LogP contribution in [-0.2, 0) is 20.9 Å². The maximum atomic E-state index is 13.4. The summed E-state index contributed by atoms with van der Waals surface area (Å²) in [6, 6.07) is 9.38. The standard InChI is InChI=1S/C27H27ClFNO5/c1-4-34-27(32)24-15(2)30-20-6-5-7-21(31)26(20)25(24)16-8-10-22(33-3)17(12-16)14-35-23-11-9-18(29)13-19(23)28/h8-13,24-25,30H,2,4-7,14H2,1,3H3. The first-order valence-corrected chi connectivity index (χ1v) is 11.8. The number of allylic oxidation sites excluding steroid dienone is 2. The monoisotopic (exact) mass is 499 g/mol. The van der Waals surface area contributed by atoms with Crippen LogP contribution >= 0.6 is 11.6 Å². The third-order valence-electron chi connectivity index (χ3n) is 6.27. The van der Waals surface area contributed by atoms with E-state index in [1.165, 1.54) is 18.2 Å². The number of carbonyl (C=O) groups is 2. The summed E-state index contributed by atoms with van der Waals surface area (Å²) in [7, 11) is 1.54. The Bertz CT molecular complexity index is 1210. The van der Waals surface area contributed by atoms with E-state index in [4.69, 9.17) is 25.8 Å². The van der Waals surface area contributed by atoms with Gasteiger partial charge in [0.2, 0.25) is 0 Å². The molecule has 0 amide bonds. The molecule has 0 aromatic heterocycles. The van der Waals surface area contributed by atoms with Crippen molar-refractivity contribution in [2.75, 3.05) is 13.7 Å². The van der Waals surface area contributed by atoms with Crippen LogP contribution in [0.5, 0.6) is 11.5 Å². The van der Waals surface area contributed by atoms with E-state index in [2.05, 4.69) is 11.9 Å². The van der Waals surface area contributed by atoms with Crippen molar-refractivity contribution in [3.63, 3.8) is 0 Å². The minimum absolute atomic E-state index is 0.0114. The first kappa shape index (κ1) is 24.8. The summed E-state index contributed by atoms with van der Waals surface area (Å²) < 4.78 is 30.1. The zero-order valence-corrected chi connectivity index (χ0v) is 20.4. The van der Waals surface area contributed by atoms with Crippen molar-refractivity contribution in [2.24, 2.45) is 5.92 Å². The van der Waals surface area contributed by atoms with Gasteiger partial charge in [-0.15, -0.1) is 0 Å².